The number of benzene rings is 1. The Morgan fingerprint density at radius 2 is 1.65 bits per heavy atom. The molecule has 2 rings (SSSR count). The van der Waals surface area contributed by atoms with Gasteiger partial charge in [0.15, 0.2) is 0 Å². The van der Waals surface area contributed by atoms with Crippen LogP contribution in [0.2, 0.25) is 5.02 Å². The summed E-state index contributed by atoms with van der Waals surface area (Å²) in [6.07, 6.45) is 5.03. The van der Waals surface area contributed by atoms with Gasteiger partial charge in [-0.2, -0.15) is 0 Å². The predicted molar refractivity (Wildman–Crippen MR) is 86.6 cm³/mol. The normalized spacial score (nSPS) is 14.8. The Hall–Kier alpha value is -2.08. The molecule has 0 unspecified atom stereocenters. The average Bonchev–Trinajstić information content (AvgIpc) is 2.59. The zero-order chi connectivity index (χ0) is 16.7. The lowest BCUT2D eigenvalue weighted by Crippen LogP contribution is -2.47. The third-order valence-corrected chi connectivity index (χ3v) is 4.07. The molecule has 124 valence electrons. The number of hydrazine groups is 1. The quantitative estimate of drug-likeness (QED) is 0.732. The lowest BCUT2D eigenvalue weighted by atomic mass is 9.89. The minimum absolute atomic E-state index is 0.000193. The van der Waals surface area contributed by atoms with E-state index in [1.165, 1.54) is 6.42 Å². The summed E-state index contributed by atoms with van der Waals surface area (Å²) in [6, 6.07) is 6.27. The summed E-state index contributed by atoms with van der Waals surface area (Å²) >= 11 is 5.74. The first-order valence-corrected chi connectivity index (χ1v) is 8.06. The molecule has 7 heteroatoms. The van der Waals surface area contributed by atoms with E-state index in [-0.39, 0.29) is 18.4 Å². The summed E-state index contributed by atoms with van der Waals surface area (Å²) < 4.78 is 0. The molecule has 0 aliphatic heterocycles. The van der Waals surface area contributed by atoms with Crippen molar-refractivity contribution in [2.45, 2.75) is 32.1 Å². The van der Waals surface area contributed by atoms with Gasteiger partial charge in [0.05, 0.1) is 6.54 Å². The molecular weight excluding hydrogens is 318 g/mol. The average molecular weight is 338 g/mol. The van der Waals surface area contributed by atoms with Crippen LogP contribution in [0.25, 0.3) is 0 Å². The van der Waals surface area contributed by atoms with E-state index < -0.39 is 11.8 Å². The minimum atomic E-state index is -0.475. The molecule has 0 aromatic heterocycles. The molecule has 1 saturated carbocycles. The van der Waals surface area contributed by atoms with Gasteiger partial charge in [0.2, 0.25) is 5.91 Å². The number of rotatable bonds is 4. The topological polar surface area (TPSA) is 87.3 Å². The molecule has 3 N–H and O–H groups in total. The number of hydrogen-bond acceptors (Lipinski definition) is 3. The van der Waals surface area contributed by atoms with E-state index in [0.717, 1.165) is 25.7 Å². The van der Waals surface area contributed by atoms with E-state index in [1.54, 1.807) is 24.3 Å². The molecule has 0 bridgehead atoms. The summed E-state index contributed by atoms with van der Waals surface area (Å²) in [4.78, 5) is 35.4. The highest BCUT2D eigenvalue weighted by Crippen LogP contribution is 2.23. The van der Waals surface area contributed by atoms with Crippen LogP contribution in [0, 0.1) is 5.92 Å². The van der Waals surface area contributed by atoms with Gasteiger partial charge in [0.25, 0.3) is 11.8 Å². The van der Waals surface area contributed by atoms with Crippen LogP contribution in [-0.2, 0) is 9.59 Å². The molecule has 23 heavy (non-hydrogen) atoms. The Bertz CT molecular complexity index is 568. The number of amides is 3. The molecule has 1 aromatic carbocycles. The molecular formula is C16H20ClN3O3. The summed E-state index contributed by atoms with van der Waals surface area (Å²) in [5, 5.41) is 3.13. The zero-order valence-electron chi connectivity index (χ0n) is 12.7. The van der Waals surface area contributed by atoms with Crippen molar-refractivity contribution < 1.29 is 14.4 Å². The molecule has 0 spiro atoms. The molecule has 1 aliphatic carbocycles. The Morgan fingerprint density at radius 1 is 1.00 bits per heavy atom. The van der Waals surface area contributed by atoms with Gasteiger partial charge in [-0.1, -0.05) is 30.9 Å². The highest BCUT2D eigenvalue weighted by atomic mass is 35.5. The van der Waals surface area contributed by atoms with Crippen molar-refractivity contribution in [3.05, 3.63) is 34.9 Å². The zero-order valence-corrected chi connectivity index (χ0v) is 13.5. The first-order chi connectivity index (χ1) is 11.1. The number of carbonyl (C=O) groups is 3. The van der Waals surface area contributed by atoms with Crippen LogP contribution in [0.3, 0.4) is 0 Å². The summed E-state index contributed by atoms with van der Waals surface area (Å²) in [7, 11) is 0. The fraction of sp³-hybridized carbons (Fsp3) is 0.438. The monoisotopic (exact) mass is 337 g/mol. The van der Waals surface area contributed by atoms with Gasteiger partial charge in [-0.3, -0.25) is 25.2 Å². The third-order valence-electron chi connectivity index (χ3n) is 3.82. The van der Waals surface area contributed by atoms with Crippen molar-refractivity contribution >= 4 is 29.3 Å². The van der Waals surface area contributed by atoms with Crippen molar-refractivity contribution in [1.29, 1.82) is 0 Å². The number of hydrogen-bond donors (Lipinski definition) is 3. The summed E-state index contributed by atoms with van der Waals surface area (Å²) in [5.74, 6) is -1.02. The van der Waals surface area contributed by atoms with Crippen LogP contribution in [0.5, 0.6) is 0 Å². The molecule has 0 saturated heterocycles. The fourth-order valence-corrected chi connectivity index (χ4v) is 2.65. The van der Waals surface area contributed by atoms with Gasteiger partial charge in [0.1, 0.15) is 0 Å². The van der Waals surface area contributed by atoms with Gasteiger partial charge in [-0.05, 0) is 37.1 Å². The first kappa shape index (κ1) is 17.3. The Balaban J connectivity index is 1.69. The third kappa shape index (κ3) is 5.56. The number of halogens is 1. The highest BCUT2D eigenvalue weighted by Gasteiger charge is 2.21. The maximum Gasteiger partial charge on any atom is 0.269 e. The Labute approximate surface area is 139 Å². The van der Waals surface area contributed by atoms with Gasteiger partial charge in [-0.15, -0.1) is 0 Å². The van der Waals surface area contributed by atoms with E-state index in [2.05, 4.69) is 16.2 Å². The van der Waals surface area contributed by atoms with Crippen LogP contribution >= 0.6 is 11.6 Å². The SMILES string of the molecule is O=C(CNC(=O)C1CCCCC1)NNC(=O)c1ccc(Cl)cc1. The van der Waals surface area contributed by atoms with Crippen LogP contribution < -0.4 is 16.2 Å². The largest absolute Gasteiger partial charge is 0.347 e. The maximum absolute atomic E-state index is 11.9. The van der Waals surface area contributed by atoms with Gasteiger partial charge < -0.3 is 5.32 Å². The molecule has 1 aromatic rings. The van der Waals surface area contributed by atoms with Crippen LogP contribution in [0.4, 0.5) is 0 Å². The van der Waals surface area contributed by atoms with E-state index in [4.69, 9.17) is 11.6 Å². The van der Waals surface area contributed by atoms with Crippen LogP contribution in [-0.4, -0.2) is 24.3 Å². The second kappa shape index (κ2) is 8.53. The number of nitrogens with one attached hydrogen (secondary N) is 3. The molecule has 0 radical (unpaired) electrons. The Morgan fingerprint density at radius 3 is 2.30 bits per heavy atom. The van der Waals surface area contributed by atoms with Crippen molar-refractivity contribution in [3.8, 4) is 0 Å². The van der Waals surface area contributed by atoms with Crippen LogP contribution in [0.1, 0.15) is 42.5 Å². The predicted octanol–water partition coefficient (Wildman–Crippen LogP) is 1.80. The molecule has 0 atom stereocenters. The molecule has 6 nitrogen and oxygen atoms in total. The second-order valence-electron chi connectivity index (χ2n) is 5.56. The molecule has 1 fully saturated rings. The van der Waals surface area contributed by atoms with E-state index in [0.29, 0.717) is 10.6 Å². The molecule has 0 heterocycles. The standard InChI is InChI=1S/C16H20ClN3O3/c17-13-8-6-12(7-9-13)16(23)20-19-14(21)10-18-15(22)11-4-2-1-3-5-11/h6-9,11H,1-5,10H2,(H,18,22)(H,19,21)(H,20,23). The first-order valence-electron chi connectivity index (χ1n) is 7.69. The Kier molecular flexibility index (Phi) is 6.40. The van der Waals surface area contributed by atoms with Gasteiger partial charge >= 0.3 is 0 Å². The fourth-order valence-electron chi connectivity index (χ4n) is 2.52. The minimum Gasteiger partial charge on any atom is -0.347 e. The van der Waals surface area contributed by atoms with Crippen molar-refractivity contribution in [2.75, 3.05) is 6.54 Å². The number of carbonyl (C=O) groups excluding carboxylic acids is 3. The smallest absolute Gasteiger partial charge is 0.269 e. The maximum atomic E-state index is 11.9. The van der Waals surface area contributed by atoms with E-state index in [1.807, 2.05) is 0 Å². The van der Waals surface area contributed by atoms with Crippen LogP contribution in [0.15, 0.2) is 24.3 Å². The van der Waals surface area contributed by atoms with E-state index in [9.17, 15) is 14.4 Å². The van der Waals surface area contributed by atoms with E-state index >= 15 is 0 Å². The molecule has 1 aliphatic rings. The van der Waals surface area contributed by atoms with Gasteiger partial charge in [0, 0.05) is 16.5 Å². The summed E-state index contributed by atoms with van der Waals surface area (Å²) in [5.41, 5.74) is 4.93. The highest BCUT2D eigenvalue weighted by molar-refractivity contribution is 6.30. The molecule has 3 amide bonds. The van der Waals surface area contributed by atoms with Crippen molar-refractivity contribution in [1.82, 2.24) is 16.2 Å². The lowest BCUT2D eigenvalue weighted by molar-refractivity contribution is -0.129. The van der Waals surface area contributed by atoms with Gasteiger partial charge in [-0.25, -0.2) is 0 Å². The lowest BCUT2D eigenvalue weighted by Gasteiger charge is -2.20. The summed E-state index contributed by atoms with van der Waals surface area (Å²) in [6.45, 7) is -0.157. The van der Waals surface area contributed by atoms with Crippen molar-refractivity contribution in [2.24, 2.45) is 5.92 Å². The van der Waals surface area contributed by atoms with Crippen molar-refractivity contribution in [3.63, 3.8) is 0 Å². The second-order valence-corrected chi connectivity index (χ2v) is 6.00.